The predicted octanol–water partition coefficient (Wildman–Crippen LogP) is 1.32. The summed E-state index contributed by atoms with van der Waals surface area (Å²) in [6.45, 7) is 1.86. The molecule has 1 atom stereocenters. The van der Waals surface area contributed by atoms with Crippen LogP contribution < -0.4 is 4.74 Å². The molecular formula is C17H17FN4O3. The molecule has 7 nitrogen and oxygen atoms in total. The third-order valence-corrected chi connectivity index (χ3v) is 4.73. The number of rotatable bonds is 4. The van der Waals surface area contributed by atoms with Crippen LogP contribution in [0.1, 0.15) is 16.9 Å². The van der Waals surface area contributed by atoms with Crippen molar-refractivity contribution in [3.05, 3.63) is 48.4 Å². The van der Waals surface area contributed by atoms with E-state index in [2.05, 4.69) is 15.0 Å². The second-order valence-corrected chi connectivity index (χ2v) is 6.25. The summed E-state index contributed by atoms with van der Waals surface area (Å²) in [5.74, 6) is -0.565. The summed E-state index contributed by atoms with van der Waals surface area (Å²) in [7, 11) is 0. The van der Waals surface area contributed by atoms with Gasteiger partial charge in [0, 0.05) is 31.1 Å². The molecule has 25 heavy (non-hydrogen) atoms. The van der Waals surface area contributed by atoms with Crippen LogP contribution in [0.3, 0.4) is 0 Å². The van der Waals surface area contributed by atoms with Crippen molar-refractivity contribution >= 4 is 5.91 Å². The highest BCUT2D eigenvalue weighted by molar-refractivity contribution is 5.92. The molecule has 2 aromatic heterocycles. The maximum Gasteiger partial charge on any atom is 0.274 e. The van der Waals surface area contributed by atoms with Crippen LogP contribution in [-0.2, 0) is 4.74 Å². The van der Waals surface area contributed by atoms with Crippen molar-refractivity contribution in [3.63, 3.8) is 0 Å². The van der Waals surface area contributed by atoms with E-state index in [4.69, 9.17) is 9.47 Å². The van der Waals surface area contributed by atoms with E-state index in [0.717, 1.165) is 6.42 Å². The number of hydrogen-bond donors (Lipinski definition) is 0. The molecule has 0 N–H and O–H groups in total. The number of amides is 1. The lowest BCUT2D eigenvalue weighted by Crippen LogP contribution is -2.66. The highest BCUT2D eigenvalue weighted by atomic mass is 19.1. The van der Waals surface area contributed by atoms with Crippen molar-refractivity contribution in [2.45, 2.75) is 12.0 Å². The molecule has 0 saturated carbocycles. The van der Waals surface area contributed by atoms with Gasteiger partial charge in [-0.25, -0.2) is 14.4 Å². The second-order valence-electron chi connectivity index (χ2n) is 6.25. The Morgan fingerprint density at radius 3 is 3.00 bits per heavy atom. The lowest BCUT2D eigenvalue weighted by atomic mass is 9.81. The van der Waals surface area contributed by atoms with E-state index in [1.54, 1.807) is 4.90 Å². The molecule has 8 heteroatoms. The molecule has 1 unspecified atom stereocenters. The van der Waals surface area contributed by atoms with Crippen LogP contribution in [-0.4, -0.2) is 57.7 Å². The predicted molar refractivity (Wildman–Crippen MR) is 84.4 cm³/mol. The Morgan fingerprint density at radius 2 is 2.24 bits per heavy atom. The van der Waals surface area contributed by atoms with E-state index in [9.17, 15) is 9.18 Å². The summed E-state index contributed by atoms with van der Waals surface area (Å²) in [5, 5.41) is 0. The second kappa shape index (κ2) is 6.36. The molecule has 2 aliphatic rings. The maximum atomic E-state index is 13.6. The van der Waals surface area contributed by atoms with Crippen LogP contribution in [0.4, 0.5) is 4.39 Å². The van der Waals surface area contributed by atoms with Gasteiger partial charge < -0.3 is 14.4 Å². The van der Waals surface area contributed by atoms with Gasteiger partial charge in [0.15, 0.2) is 5.82 Å². The van der Waals surface area contributed by atoms with Gasteiger partial charge in [-0.15, -0.1) is 0 Å². The monoisotopic (exact) mass is 344 g/mol. The highest BCUT2D eigenvalue weighted by Gasteiger charge is 2.55. The molecule has 2 aliphatic heterocycles. The SMILES string of the molecule is O=C(c1cnccn1)N1CC2(C1)OCCC2COc1ncccc1F. The first kappa shape index (κ1) is 15.9. The Hall–Kier alpha value is -2.61. The van der Waals surface area contributed by atoms with E-state index in [0.29, 0.717) is 32.0 Å². The summed E-state index contributed by atoms with van der Waals surface area (Å²) in [4.78, 5) is 25.9. The Kier molecular flexibility index (Phi) is 4.04. The molecule has 0 radical (unpaired) electrons. The topological polar surface area (TPSA) is 77.4 Å². The lowest BCUT2D eigenvalue weighted by Gasteiger charge is -2.49. The number of aromatic nitrogens is 3. The lowest BCUT2D eigenvalue weighted by molar-refractivity contribution is -0.122. The van der Waals surface area contributed by atoms with Crippen LogP contribution >= 0.6 is 0 Å². The maximum absolute atomic E-state index is 13.6. The summed E-state index contributed by atoms with van der Waals surface area (Å²) in [6, 6.07) is 2.83. The minimum atomic E-state index is -0.483. The van der Waals surface area contributed by atoms with Gasteiger partial charge in [0.05, 0.1) is 25.9 Å². The first-order valence-electron chi connectivity index (χ1n) is 8.10. The molecular weight excluding hydrogens is 327 g/mol. The smallest absolute Gasteiger partial charge is 0.274 e. The Balaban J connectivity index is 1.38. The van der Waals surface area contributed by atoms with Crippen molar-refractivity contribution < 1.29 is 18.7 Å². The first-order chi connectivity index (χ1) is 12.2. The number of ether oxygens (including phenoxy) is 2. The Bertz CT molecular complexity index is 767. The van der Waals surface area contributed by atoms with Crippen molar-refractivity contribution in [1.29, 1.82) is 0 Å². The van der Waals surface area contributed by atoms with Crippen LogP contribution in [0.15, 0.2) is 36.9 Å². The van der Waals surface area contributed by atoms with Gasteiger partial charge in [0.1, 0.15) is 11.3 Å². The van der Waals surface area contributed by atoms with Crippen LogP contribution in [0.25, 0.3) is 0 Å². The van der Waals surface area contributed by atoms with E-state index >= 15 is 0 Å². The van der Waals surface area contributed by atoms with Gasteiger partial charge in [-0.05, 0) is 18.6 Å². The minimum absolute atomic E-state index is 0.00336. The van der Waals surface area contributed by atoms with Gasteiger partial charge in [-0.1, -0.05) is 0 Å². The number of halogens is 1. The zero-order valence-corrected chi connectivity index (χ0v) is 13.5. The molecule has 1 amide bonds. The fourth-order valence-corrected chi connectivity index (χ4v) is 3.34. The number of nitrogens with zero attached hydrogens (tertiary/aromatic N) is 4. The standard InChI is InChI=1S/C17H17FN4O3/c18-13-2-1-4-21-15(13)24-9-12-3-7-25-17(12)10-22(11-17)16(23)14-8-19-5-6-20-14/h1-2,4-6,8,12H,3,7,9-11H2. The van der Waals surface area contributed by atoms with E-state index in [1.165, 1.54) is 36.9 Å². The number of carbonyl (C=O) groups excluding carboxylic acids is 1. The number of hydrogen-bond acceptors (Lipinski definition) is 6. The quantitative estimate of drug-likeness (QED) is 0.833. The van der Waals surface area contributed by atoms with Crippen LogP contribution in [0.5, 0.6) is 5.88 Å². The molecule has 2 saturated heterocycles. The number of carbonyl (C=O) groups is 1. The molecule has 0 bridgehead atoms. The average Bonchev–Trinajstić information content (AvgIpc) is 3.04. The van der Waals surface area contributed by atoms with Gasteiger partial charge in [0.25, 0.3) is 5.91 Å². The Morgan fingerprint density at radius 1 is 1.36 bits per heavy atom. The molecule has 4 heterocycles. The average molecular weight is 344 g/mol. The number of pyridine rings is 1. The first-order valence-corrected chi connectivity index (χ1v) is 8.10. The van der Waals surface area contributed by atoms with Crippen molar-refractivity contribution in [3.8, 4) is 5.88 Å². The van der Waals surface area contributed by atoms with Crippen molar-refractivity contribution in [1.82, 2.24) is 19.9 Å². The van der Waals surface area contributed by atoms with Gasteiger partial charge >= 0.3 is 0 Å². The molecule has 1 spiro atoms. The molecule has 0 aromatic carbocycles. The molecule has 130 valence electrons. The summed E-state index contributed by atoms with van der Waals surface area (Å²) >= 11 is 0. The van der Waals surface area contributed by atoms with E-state index in [-0.39, 0.29) is 17.7 Å². The third kappa shape index (κ3) is 2.93. The van der Waals surface area contributed by atoms with Gasteiger partial charge in [-0.3, -0.25) is 9.78 Å². The third-order valence-electron chi connectivity index (χ3n) is 4.73. The highest BCUT2D eigenvalue weighted by Crippen LogP contribution is 2.40. The molecule has 2 aromatic rings. The fourth-order valence-electron chi connectivity index (χ4n) is 3.34. The summed E-state index contributed by atoms with van der Waals surface area (Å²) < 4.78 is 25.1. The number of likely N-dealkylation sites (tertiary alicyclic amines) is 1. The molecule has 0 aliphatic carbocycles. The minimum Gasteiger partial charge on any atom is -0.475 e. The van der Waals surface area contributed by atoms with Crippen LogP contribution in [0.2, 0.25) is 0 Å². The zero-order chi connectivity index (χ0) is 17.3. The summed E-state index contributed by atoms with van der Waals surface area (Å²) in [5.41, 5.74) is -0.109. The van der Waals surface area contributed by atoms with Crippen molar-refractivity contribution in [2.24, 2.45) is 5.92 Å². The Labute approximate surface area is 143 Å². The summed E-state index contributed by atoms with van der Waals surface area (Å²) in [6.07, 6.45) is 6.77. The van der Waals surface area contributed by atoms with E-state index < -0.39 is 11.4 Å². The van der Waals surface area contributed by atoms with Crippen molar-refractivity contribution in [2.75, 3.05) is 26.3 Å². The largest absolute Gasteiger partial charge is 0.475 e. The van der Waals surface area contributed by atoms with E-state index in [1.807, 2.05) is 0 Å². The van der Waals surface area contributed by atoms with Gasteiger partial charge in [-0.2, -0.15) is 0 Å². The van der Waals surface area contributed by atoms with Crippen LogP contribution in [0, 0.1) is 11.7 Å². The fraction of sp³-hybridized carbons (Fsp3) is 0.412. The normalized spacial score (nSPS) is 21.2. The molecule has 2 fully saturated rings. The van der Waals surface area contributed by atoms with Gasteiger partial charge in [0.2, 0.25) is 5.88 Å². The zero-order valence-electron chi connectivity index (χ0n) is 13.5. The molecule has 4 rings (SSSR count).